The maximum atomic E-state index is 13.0. The van der Waals surface area contributed by atoms with Crippen LogP contribution < -0.4 is 4.90 Å². The van der Waals surface area contributed by atoms with Gasteiger partial charge in [-0.3, -0.25) is 4.79 Å². The number of fused-ring (bicyclic) bond motifs is 1. The molecule has 32 heavy (non-hydrogen) atoms. The van der Waals surface area contributed by atoms with Crippen molar-refractivity contribution in [2.24, 2.45) is 0 Å². The summed E-state index contributed by atoms with van der Waals surface area (Å²) in [7, 11) is 0. The zero-order valence-electron chi connectivity index (χ0n) is 19.3. The molecule has 2 aromatic heterocycles. The largest absolute Gasteiger partial charge is 0.469 e. The first-order valence-corrected chi connectivity index (χ1v) is 11.5. The lowest BCUT2D eigenvalue weighted by Crippen LogP contribution is -2.54. The Hall–Kier alpha value is -2.85. The molecule has 1 saturated carbocycles. The summed E-state index contributed by atoms with van der Waals surface area (Å²) in [6, 6.07) is 4.21. The highest BCUT2D eigenvalue weighted by Gasteiger charge is 2.38. The van der Waals surface area contributed by atoms with Crippen LogP contribution in [0, 0.1) is 18.3 Å². The van der Waals surface area contributed by atoms with Gasteiger partial charge in [0.1, 0.15) is 17.6 Å². The number of nitrogens with zero attached hydrogens (tertiary/aromatic N) is 4. The van der Waals surface area contributed by atoms with Crippen LogP contribution in [0.1, 0.15) is 78.0 Å². The van der Waals surface area contributed by atoms with Crippen molar-refractivity contribution in [3.8, 4) is 6.07 Å². The quantitative estimate of drug-likeness (QED) is 0.728. The van der Waals surface area contributed by atoms with E-state index in [4.69, 9.17) is 14.1 Å². The van der Waals surface area contributed by atoms with Crippen molar-refractivity contribution in [1.29, 1.82) is 5.26 Å². The molecule has 1 aliphatic carbocycles. The molecule has 7 nitrogen and oxygen atoms in total. The van der Waals surface area contributed by atoms with E-state index in [-0.39, 0.29) is 17.6 Å². The van der Waals surface area contributed by atoms with Crippen LogP contribution in [0.2, 0.25) is 0 Å². The van der Waals surface area contributed by atoms with E-state index in [1.165, 1.54) is 0 Å². The molecule has 0 bridgehead atoms. The van der Waals surface area contributed by atoms with Gasteiger partial charge in [-0.2, -0.15) is 5.26 Å². The van der Waals surface area contributed by atoms with Gasteiger partial charge in [-0.05, 0) is 52.2 Å². The van der Waals surface area contributed by atoms with Crippen molar-refractivity contribution in [3.63, 3.8) is 0 Å². The first-order chi connectivity index (χ1) is 15.3. The average Bonchev–Trinajstić information content (AvgIpc) is 3.51. The molecule has 2 aliphatic heterocycles. The third-order valence-electron chi connectivity index (χ3n) is 6.99. The monoisotopic (exact) mass is 434 g/mol. The van der Waals surface area contributed by atoms with Crippen LogP contribution in [0.3, 0.4) is 0 Å². The Morgan fingerprint density at radius 3 is 2.69 bits per heavy atom. The first-order valence-electron chi connectivity index (χ1n) is 11.5. The third kappa shape index (κ3) is 3.57. The average molecular weight is 435 g/mol. The van der Waals surface area contributed by atoms with Crippen LogP contribution in [0.5, 0.6) is 0 Å². The first kappa shape index (κ1) is 21.0. The Morgan fingerprint density at radius 2 is 2.06 bits per heavy atom. The second-order valence-corrected chi connectivity index (χ2v) is 9.95. The van der Waals surface area contributed by atoms with E-state index in [2.05, 4.69) is 31.7 Å². The third-order valence-corrected chi connectivity index (χ3v) is 6.99. The van der Waals surface area contributed by atoms with Gasteiger partial charge in [0, 0.05) is 43.6 Å². The SMILES string of the molecule is Cc1occc1C(=O)N1CCN(c2nc(C3CC3)c3c(c2C#N)CC(C)(C)OC3)C[C@H]1C. The molecule has 5 rings (SSSR count). The Bertz CT molecular complexity index is 1110. The molecular weight excluding hydrogens is 404 g/mol. The van der Waals surface area contributed by atoms with E-state index < -0.39 is 0 Å². The number of hydrogen-bond donors (Lipinski definition) is 0. The fraction of sp³-hybridized carbons (Fsp3) is 0.560. The van der Waals surface area contributed by atoms with Crippen LogP contribution in [0.4, 0.5) is 5.82 Å². The van der Waals surface area contributed by atoms with E-state index in [1.54, 1.807) is 12.3 Å². The standard InChI is InChI=1S/C25H30N4O3/c1-15-13-28(8-9-29(15)24(30)18-7-10-31-16(18)2)23-20(12-26)19-11-25(3,4)32-14-21(19)22(27-23)17-5-6-17/h7,10,15,17H,5-6,8-9,11,13-14H2,1-4H3/t15-/m1/s1. The molecule has 4 heterocycles. The number of pyridine rings is 1. The van der Waals surface area contributed by atoms with Crippen LogP contribution >= 0.6 is 0 Å². The lowest BCUT2D eigenvalue weighted by Gasteiger charge is -2.41. The lowest BCUT2D eigenvalue weighted by atomic mass is 9.87. The molecule has 2 aromatic rings. The second-order valence-electron chi connectivity index (χ2n) is 9.95. The summed E-state index contributed by atoms with van der Waals surface area (Å²) in [6.07, 6.45) is 4.58. The number of amides is 1. The summed E-state index contributed by atoms with van der Waals surface area (Å²) in [5.41, 5.74) is 4.36. The van der Waals surface area contributed by atoms with Gasteiger partial charge in [0.05, 0.1) is 35.3 Å². The Kier molecular flexibility index (Phi) is 5.01. The topological polar surface area (TPSA) is 82.6 Å². The fourth-order valence-corrected chi connectivity index (χ4v) is 5.03. The molecule has 3 aliphatic rings. The van der Waals surface area contributed by atoms with Gasteiger partial charge in [-0.1, -0.05) is 0 Å². The molecule has 1 atom stereocenters. The molecule has 0 N–H and O–H groups in total. The van der Waals surface area contributed by atoms with Gasteiger partial charge in [0.15, 0.2) is 0 Å². The molecule has 0 radical (unpaired) electrons. The molecule has 7 heteroatoms. The highest BCUT2D eigenvalue weighted by atomic mass is 16.5. The fourth-order valence-electron chi connectivity index (χ4n) is 5.03. The summed E-state index contributed by atoms with van der Waals surface area (Å²) in [5, 5.41) is 10.1. The van der Waals surface area contributed by atoms with Crippen LogP contribution in [-0.4, -0.2) is 47.1 Å². The second kappa shape index (κ2) is 7.63. The van der Waals surface area contributed by atoms with Crippen LogP contribution in [-0.2, 0) is 17.8 Å². The van der Waals surface area contributed by atoms with Crippen LogP contribution in [0.25, 0.3) is 0 Å². The smallest absolute Gasteiger partial charge is 0.257 e. The van der Waals surface area contributed by atoms with Gasteiger partial charge in [0.2, 0.25) is 0 Å². The van der Waals surface area contributed by atoms with Crippen molar-refractivity contribution in [2.45, 2.75) is 71.1 Å². The molecule has 2 fully saturated rings. The highest BCUT2D eigenvalue weighted by Crippen LogP contribution is 2.45. The van der Waals surface area contributed by atoms with Crippen LogP contribution in [0.15, 0.2) is 16.7 Å². The van der Waals surface area contributed by atoms with Gasteiger partial charge >= 0.3 is 0 Å². The highest BCUT2D eigenvalue weighted by molar-refractivity contribution is 5.95. The normalized spacial score (nSPS) is 22.4. The minimum Gasteiger partial charge on any atom is -0.469 e. The van der Waals surface area contributed by atoms with Crippen molar-refractivity contribution in [2.75, 3.05) is 24.5 Å². The van der Waals surface area contributed by atoms with E-state index >= 15 is 0 Å². The maximum absolute atomic E-state index is 13.0. The van der Waals surface area contributed by atoms with Gasteiger partial charge in [-0.15, -0.1) is 0 Å². The van der Waals surface area contributed by atoms with Gasteiger partial charge in [-0.25, -0.2) is 4.98 Å². The van der Waals surface area contributed by atoms with E-state index in [1.807, 2.05) is 11.8 Å². The summed E-state index contributed by atoms with van der Waals surface area (Å²) < 4.78 is 11.4. The molecule has 168 valence electrons. The number of nitriles is 1. The number of hydrogen-bond acceptors (Lipinski definition) is 6. The Balaban J connectivity index is 1.47. The number of rotatable bonds is 3. The van der Waals surface area contributed by atoms with E-state index in [0.29, 0.717) is 55.5 Å². The molecule has 1 amide bonds. The lowest BCUT2D eigenvalue weighted by molar-refractivity contribution is -0.0407. The number of aryl methyl sites for hydroxylation is 1. The number of carbonyl (C=O) groups excluding carboxylic acids is 1. The number of aromatic nitrogens is 1. The van der Waals surface area contributed by atoms with Crippen molar-refractivity contribution < 1.29 is 13.9 Å². The zero-order valence-corrected chi connectivity index (χ0v) is 19.3. The molecule has 0 spiro atoms. The number of anilines is 1. The molecule has 0 aromatic carbocycles. The maximum Gasteiger partial charge on any atom is 0.257 e. The van der Waals surface area contributed by atoms with E-state index in [0.717, 1.165) is 35.5 Å². The molecule has 0 unspecified atom stereocenters. The van der Waals surface area contributed by atoms with E-state index in [9.17, 15) is 10.1 Å². The summed E-state index contributed by atoms with van der Waals surface area (Å²) >= 11 is 0. The molecular formula is C25H30N4O3. The number of carbonyl (C=O) groups is 1. The van der Waals surface area contributed by atoms with Crippen molar-refractivity contribution in [3.05, 3.63) is 46.0 Å². The zero-order chi connectivity index (χ0) is 22.6. The van der Waals surface area contributed by atoms with Crippen molar-refractivity contribution in [1.82, 2.24) is 9.88 Å². The summed E-state index contributed by atoms with van der Waals surface area (Å²) in [4.78, 5) is 22.2. The Labute approximate surface area is 189 Å². The predicted octanol–water partition coefficient (Wildman–Crippen LogP) is 3.93. The number of ether oxygens (including phenoxy) is 1. The van der Waals surface area contributed by atoms with Gasteiger partial charge < -0.3 is 19.0 Å². The summed E-state index contributed by atoms with van der Waals surface area (Å²) in [5.74, 6) is 1.90. The van der Waals surface area contributed by atoms with Gasteiger partial charge in [0.25, 0.3) is 5.91 Å². The Morgan fingerprint density at radius 1 is 1.28 bits per heavy atom. The number of furan rings is 1. The minimum absolute atomic E-state index is 0.000116. The minimum atomic E-state index is -0.293. The summed E-state index contributed by atoms with van der Waals surface area (Å²) in [6.45, 7) is 10.4. The predicted molar refractivity (Wildman–Crippen MR) is 120 cm³/mol. The van der Waals surface area contributed by atoms with Crippen molar-refractivity contribution >= 4 is 11.7 Å². The molecule has 1 saturated heterocycles. The number of piperazine rings is 1.